The van der Waals surface area contributed by atoms with E-state index in [9.17, 15) is 0 Å². The van der Waals surface area contributed by atoms with Gasteiger partial charge < -0.3 is 5.11 Å². The first-order valence-electron chi connectivity index (χ1n) is 2.27. The molecule has 1 aromatic rings. The summed E-state index contributed by atoms with van der Waals surface area (Å²) in [6.45, 7) is 0. The lowest BCUT2D eigenvalue weighted by Crippen LogP contribution is -1.65. The number of nitrogens with zero attached hydrogens (tertiary/aromatic N) is 1. The molecular formula is C6H5NO. The Morgan fingerprint density at radius 1 is 1.12 bits per heavy atom. The molecule has 0 aliphatic heterocycles. The summed E-state index contributed by atoms with van der Waals surface area (Å²) in [4.78, 5) is 0. The van der Waals surface area contributed by atoms with Crippen molar-refractivity contribution in [2.45, 2.75) is 0 Å². The van der Waals surface area contributed by atoms with Gasteiger partial charge in [-0.3, -0.25) is 0 Å². The predicted molar refractivity (Wildman–Crippen MR) is 29.9 cm³/mol. The Labute approximate surface area is 47.6 Å². The van der Waals surface area contributed by atoms with Crippen molar-refractivity contribution in [3.05, 3.63) is 24.3 Å². The van der Waals surface area contributed by atoms with Gasteiger partial charge in [0, 0.05) is 0 Å². The fourth-order valence-electron chi connectivity index (χ4n) is 0.453. The maximum absolute atomic E-state index is 8.65. The third-order valence-corrected chi connectivity index (χ3v) is 0.850. The summed E-state index contributed by atoms with van der Waals surface area (Å²) in [5.74, 6) is 0.169. The summed E-state index contributed by atoms with van der Waals surface area (Å²) in [5, 5.41) is 8.65. The van der Waals surface area contributed by atoms with E-state index in [4.69, 9.17) is 10.8 Å². The molecule has 1 N–H and O–H groups in total. The van der Waals surface area contributed by atoms with Crippen LogP contribution in [0.3, 0.4) is 0 Å². The molecule has 0 aliphatic rings. The van der Waals surface area contributed by atoms with Crippen molar-refractivity contribution in [1.29, 1.82) is 0 Å². The Balaban J connectivity index is 3.03. The van der Waals surface area contributed by atoms with E-state index in [0.29, 0.717) is 0 Å². The lowest BCUT2D eigenvalue weighted by Gasteiger charge is -1.86. The molecule has 0 saturated carbocycles. The second-order valence-electron chi connectivity index (χ2n) is 1.52. The van der Waals surface area contributed by atoms with Crippen LogP contribution in [0.1, 0.15) is 0 Å². The summed E-state index contributed by atoms with van der Waals surface area (Å²) < 4.78 is 0. The van der Waals surface area contributed by atoms with Crippen LogP contribution >= 0.6 is 0 Å². The zero-order valence-corrected chi connectivity index (χ0v) is 4.20. The van der Waals surface area contributed by atoms with E-state index in [2.05, 4.69) is 0 Å². The second kappa shape index (κ2) is 1.74. The number of rotatable bonds is 0. The summed E-state index contributed by atoms with van der Waals surface area (Å²) >= 11 is 0. The molecule has 2 nitrogen and oxygen atoms in total. The standard InChI is InChI=1S/C6H5NO/c7-5-1-3-6(8)4-2-5/h1-4,8H. The molecule has 0 amide bonds. The fourth-order valence-corrected chi connectivity index (χ4v) is 0.453. The minimum Gasteiger partial charge on any atom is -0.508 e. The lowest BCUT2D eigenvalue weighted by atomic mass is 10.3. The SMILES string of the molecule is [N]c1ccc(O)cc1. The van der Waals surface area contributed by atoms with E-state index in [-0.39, 0.29) is 11.4 Å². The zero-order valence-electron chi connectivity index (χ0n) is 4.20. The molecule has 40 valence electrons. The normalized spacial score (nSPS) is 9.00. The van der Waals surface area contributed by atoms with Gasteiger partial charge in [0.2, 0.25) is 0 Å². The highest BCUT2D eigenvalue weighted by Gasteiger charge is 1.84. The second-order valence-corrected chi connectivity index (χ2v) is 1.52. The molecule has 0 atom stereocenters. The molecule has 0 fully saturated rings. The first kappa shape index (κ1) is 4.97. The largest absolute Gasteiger partial charge is 0.508 e. The van der Waals surface area contributed by atoms with E-state index < -0.39 is 0 Å². The van der Waals surface area contributed by atoms with Crippen molar-refractivity contribution in [2.75, 3.05) is 0 Å². The average molecular weight is 107 g/mol. The van der Waals surface area contributed by atoms with Crippen LogP contribution in [0.2, 0.25) is 0 Å². The quantitative estimate of drug-likeness (QED) is 0.529. The van der Waals surface area contributed by atoms with Gasteiger partial charge in [-0.15, -0.1) is 0 Å². The van der Waals surface area contributed by atoms with Crippen molar-refractivity contribution in [3.63, 3.8) is 0 Å². The van der Waals surface area contributed by atoms with Gasteiger partial charge in [-0.05, 0) is 24.3 Å². The van der Waals surface area contributed by atoms with E-state index in [1.165, 1.54) is 24.3 Å². The average Bonchev–Trinajstić information content (AvgIpc) is 1.77. The third-order valence-electron chi connectivity index (χ3n) is 0.850. The molecule has 2 radical (unpaired) electrons. The zero-order chi connectivity index (χ0) is 5.98. The molecule has 0 bridgehead atoms. The van der Waals surface area contributed by atoms with Gasteiger partial charge >= 0.3 is 0 Å². The molecule has 0 aliphatic carbocycles. The van der Waals surface area contributed by atoms with E-state index in [0.717, 1.165) is 0 Å². The molecule has 2 heteroatoms. The first-order valence-corrected chi connectivity index (χ1v) is 2.27. The van der Waals surface area contributed by atoms with Crippen LogP contribution in [0, 0.1) is 0 Å². The third kappa shape index (κ3) is 0.904. The monoisotopic (exact) mass is 107 g/mol. The summed E-state index contributed by atoms with van der Waals surface area (Å²) in [6, 6.07) is 5.70. The van der Waals surface area contributed by atoms with Crippen LogP contribution in [0.5, 0.6) is 5.75 Å². The van der Waals surface area contributed by atoms with Crippen molar-refractivity contribution < 1.29 is 5.11 Å². The van der Waals surface area contributed by atoms with Crippen molar-refractivity contribution >= 4 is 5.69 Å². The fraction of sp³-hybridized carbons (Fsp3) is 0. The van der Waals surface area contributed by atoms with Crippen LogP contribution in [0.4, 0.5) is 5.69 Å². The molecule has 1 aromatic carbocycles. The smallest absolute Gasteiger partial charge is 0.115 e. The molecule has 8 heavy (non-hydrogen) atoms. The summed E-state index contributed by atoms with van der Waals surface area (Å²) in [7, 11) is 0. The summed E-state index contributed by atoms with van der Waals surface area (Å²) in [6.07, 6.45) is 0. The Hall–Kier alpha value is -1.18. The van der Waals surface area contributed by atoms with E-state index in [1.54, 1.807) is 0 Å². The Morgan fingerprint density at radius 3 is 2.00 bits per heavy atom. The Morgan fingerprint density at radius 2 is 1.62 bits per heavy atom. The van der Waals surface area contributed by atoms with Crippen LogP contribution in [0.25, 0.3) is 0 Å². The van der Waals surface area contributed by atoms with Crippen molar-refractivity contribution in [2.24, 2.45) is 0 Å². The first-order chi connectivity index (χ1) is 3.79. The number of phenols is 1. The topological polar surface area (TPSA) is 42.5 Å². The Kier molecular flexibility index (Phi) is 1.08. The molecule has 0 unspecified atom stereocenters. The highest BCUT2D eigenvalue weighted by molar-refractivity contribution is 5.37. The van der Waals surface area contributed by atoms with Crippen LogP contribution in [-0.2, 0) is 0 Å². The minimum absolute atomic E-state index is 0.169. The van der Waals surface area contributed by atoms with Gasteiger partial charge in [-0.1, -0.05) is 0 Å². The van der Waals surface area contributed by atoms with Gasteiger partial charge in [0.15, 0.2) is 0 Å². The van der Waals surface area contributed by atoms with Gasteiger partial charge in [0.1, 0.15) is 5.75 Å². The highest BCUT2D eigenvalue weighted by Crippen LogP contribution is 2.10. The van der Waals surface area contributed by atoms with Gasteiger partial charge in [-0.25, -0.2) is 0 Å². The summed E-state index contributed by atoms with van der Waals surface area (Å²) in [5.41, 5.74) is 8.81. The van der Waals surface area contributed by atoms with Crippen LogP contribution < -0.4 is 5.73 Å². The van der Waals surface area contributed by atoms with Crippen molar-refractivity contribution in [3.8, 4) is 5.75 Å². The molecule has 1 rings (SSSR count). The number of benzene rings is 1. The molecule has 0 saturated heterocycles. The van der Waals surface area contributed by atoms with E-state index in [1.807, 2.05) is 0 Å². The molecule has 0 spiro atoms. The number of aromatic hydroxyl groups is 1. The lowest BCUT2D eigenvalue weighted by molar-refractivity contribution is 0.475. The van der Waals surface area contributed by atoms with Gasteiger partial charge in [0.25, 0.3) is 0 Å². The Bertz CT molecular complexity index is 147. The van der Waals surface area contributed by atoms with Gasteiger partial charge in [0.05, 0.1) is 5.69 Å². The van der Waals surface area contributed by atoms with Crippen LogP contribution in [0.15, 0.2) is 24.3 Å². The number of hydrogen-bond acceptors (Lipinski definition) is 1. The molecule has 0 aromatic heterocycles. The molecule has 0 heterocycles. The van der Waals surface area contributed by atoms with Crippen molar-refractivity contribution in [1.82, 2.24) is 5.73 Å². The van der Waals surface area contributed by atoms with Crippen LogP contribution in [-0.4, -0.2) is 5.11 Å². The minimum atomic E-state index is 0.169. The maximum atomic E-state index is 8.65. The van der Waals surface area contributed by atoms with Gasteiger partial charge in [-0.2, -0.15) is 5.73 Å². The number of hydrogen-bond donors (Lipinski definition) is 1. The number of phenolic OH excluding ortho intramolecular Hbond substituents is 1. The molecular weight excluding hydrogens is 102 g/mol. The highest BCUT2D eigenvalue weighted by atomic mass is 16.3. The maximum Gasteiger partial charge on any atom is 0.115 e. The predicted octanol–water partition coefficient (Wildman–Crippen LogP) is 1.09. The van der Waals surface area contributed by atoms with E-state index >= 15 is 0 Å².